The lowest BCUT2D eigenvalue weighted by molar-refractivity contribution is -0.257. The molecule has 0 amide bonds. The van der Waals surface area contributed by atoms with E-state index in [1.807, 2.05) is 42.5 Å². The lowest BCUT2D eigenvalue weighted by Gasteiger charge is -2.43. The van der Waals surface area contributed by atoms with Crippen molar-refractivity contribution in [2.75, 3.05) is 6.61 Å². The van der Waals surface area contributed by atoms with E-state index in [-0.39, 0.29) is 25.2 Å². The zero-order chi connectivity index (χ0) is 27.9. The normalized spacial score (nSPS) is 23.3. The maximum Gasteiger partial charge on any atom is 0.306 e. The van der Waals surface area contributed by atoms with Gasteiger partial charge in [0.25, 0.3) is 3.79 Å². The molecule has 0 bridgehead atoms. The number of nitrogens with zero attached hydrogens (tertiary/aromatic N) is 3. The Morgan fingerprint density at radius 3 is 2.53 bits per heavy atom. The third kappa shape index (κ3) is 8.18. The molecule has 0 aliphatic carbocycles. The van der Waals surface area contributed by atoms with Crippen molar-refractivity contribution in [3.05, 3.63) is 58.5 Å². The third-order valence-corrected chi connectivity index (χ3v) is 6.19. The number of Topliss-reactive ketones (excluding diaryl/α,β-unsaturated/α-hetero) is 1. The molecule has 0 radical (unpaired) electrons. The maximum absolute atomic E-state index is 12.1. The largest absolute Gasteiger partial charge is 0.469 e. The molecule has 11 nitrogen and oxygen atoms in total. The lowest BCUT2D eigenvalue weighted by Crippen LogP contribution is -2.60. The molecular formula is C24H25Cl3N4O7. The first kappa shape index (κ1) is 29.9. The Bertz CT molecular complexity index is 1220. The van der Waals surface area contributed by atoms with Crippen LogP contribution in [-0.4, -0.2) is 63.8 Å². The number of nitrogens with one attached hydrogen (secondary N) is 1. The topological polar surface area (TPSA) is 164 Å². The van der Waals surface area contributed by atoms with E-state index >= 15 is 0 Å². The molecule has 1 fully saturated rings. The van der Waals surface area contributed by atoms with Crippen LogP contribution in [0.2, 0.25) is 0 Å². The Labute approximate surface area is 233 Å². The summed E-state index contributed by atoms with van der Waals surface area (Å²) < 4.78 is 20.1. The summed E-state index contributed by atoms with van der Waals surface area (Å²) in [4.78, 5) is 26.0. The monoisotopic (exact) mass is 586 g/mol. The van der Waals surface area contributed by atoms with Crippen LogP contribution in [0.15, 0.2) is 47.6 Å². The van der Waals surface area contributed by atoms with Crippen LogP contribution in [0.1, 0.15) is 25.3 Å². The first-order valence-electron chi connectivity index (χ1n) is 11.4. The zero-order valence-corrected chi connectivity index (χ0v) is 22.4. The number of alkyl halides is 3. The van der Waals surface area contributed by atoms with Gasteiger partial charge in [0.2, 0.25) is 5.90 Å². The summed E-state index contributed by atoms with van der Waals surface area (Å²) in [7, 11) is 0. The van der Waals surface area contributed by atoms with Crippen LogP contribution in [-0.2, 0) is 35.1 Å². The van der Waals surface area contributed by atoms with Gasteiger partial charge in [-0.25, -0.2) is 0 Å². The van der Waals surface area contributed by atoms with E-state index in [4.69, 9.17) is 64.7 Å². The minimum Gasteiger partial charge on any atom is -0.469 e. The standard InChI is InChI=1S/C24H25Cl3N4O7/c1-13(32)6-9-18(33)35-12-17-20(38-23(28)24(25,26)27)21(19(30-31-29)22(34)37-17)36-11-14-7-8-15-4-2-3-5-16(15)10-14/h2-5,7-8,10,17,19-22,28,34H,6,9,11-12H2,1H3/t17-,19-,20-,21-,22-/m1/s1. The fraction of sp³-hybridized carbons (Fsp3) is 0.458. The average molecular weight is 588 g/mol. The molecule has 0 aromatic heterocycles. The minimum absolute atomic E-state index is 0.00818. The first-order chi connectivity index (χ1) is 18.0. The SMILES string of the molecule is CC(=O)CCC(=O)OC[C@H]1O[C@@H](O)[C@H](N=[N+]=[N-])[C@@H](OCc2ccc3ccccc3c2)[C@@H]1OC(=N)C(Cl)(Cl)Cl. The molecule has 204 valence electrons. The summed E-state index contributed by atoms with van der Waals surface area (Å²) in [6.07, 6.45) is -5.58. The number of azide groups is 1. The van der Waals surface area contributed by atoms with E-state index in [0.29, 0.717) is 0 Å². The molecule has 0 unspecified atom stereocenters. The number of esters is 1. The number of halogens is 3. The molecular weight excluding hydrogens is 563 g/mol. The number of ketones is 1. The highest BCUT2D eigenvalue weighted by molar-refractivity contribution is 6.76. The highest BCUT2D eigenvalue weighted by Gasteiger charge is 2.49. The molecule has 2 N–H and O–H groups in total. The van der Waals surface area contributed by atoms with Gasteiger partial charge in [0.1, 0.15) is 30.6 Å². The number of aliphatic hydroxyl groups excluding tert-OH is 1. The Hall–Kier alpha value is -2.63. The van der Waals surface area contributed by atoms with Crippen LogP contribution in [0.5, 0.6) is 0 Å². The van der Waals surface area contributed by atoms with Crippen molar-refractivity contribution < 1.29 is 33.6 Å². The van der Waals surface area contributed by atoms with Gasteiger partial charge in [-0.1, -0.05) is 76.3 Å². The van der Waals surface area contributed by atoms with Crippen LogP contribution < -0.4 is 0 Å². The number of aliphatic hydroxyl groups is 1. The zero-order valence-electron chi connectivity index (χ0n) is 20.1. The fourth-order valence-electron chi connectivity index (χ4n) is 3.81. The number of ether oxygens (including phenoxy) is 4. The van der Waals surface area contributed by atoms with Gasteiger partial charge in [0, 0.05) is 11.3 Å². The third-order valence-electron chi connectivity index (χ3n) is 5.68. The highest BCUT2D eigenvalue weighted by atomic mass is 35.6. The second-order valence-corrected chi connectivity index (χ2v) is 10.8. The molecule has 3 rings (SSSR count). The molecule has 1 aliphatic rings. The number of benzene rings is 2. The summed E-state index contributed by atoms with van der Waals surface area (Å²) in [5.74, 6) is -1.68. The smallest absolute Gasteiger partial charge is 0.306 e. The van der Waals surface area contributed by atoms with Gasteiger partial charge >= 0.3 is 5.97 Å². The summed E-state index contributed by atoms with van der Waals surface area (Å²) in [5.41, 5.74) is 9.85. The summed E-state index contributed by atoms with van der Waals surface area (Å²) >= 11 is 17.4. The van der Waals surface area contributed by atoms with E-state index in [0.717, 1.165) is 16.3 Å². The minimum atomic E-state index is -2.25. The van der Waals surface area contributed by atoms with Gasteiger partial charge in [0.15, 0.2) is 12.4 Å². The van der Waals surface area contributed by atoms with Crippen LogP contribution in [0.4, 0.5) is 0 Å². The van der Waals surface area contributed by atoms with Gasteiger partial charge in [-0.05, 0) is 34.9 Å². The molecule has 2 aromatic carbocycles. The second-order valence-electron chi connectivity index (χ2n) is 8.51. The van der Waals surface area contributed by atoms with E-state index in [1.165, 1.54) is 6.92 Å². The maximum atomic E-state index is 12.1. The summed E-state index contributed by atoms with van der Waals surface area (Å²) in [6, 6.07) is 12.0. The van der Waals surface area contributed by atoms with Crippen molar-refractivity contribution in [2.45, 2.75) is 60.8 Å². The highest BCUT2D eigenvalue weighted by Crippen LogP contribution is 2.33. The fourth-order valence-corrected chi connectivity index (χ4v) is 3.94. The van der Waals surface area contributed by atoms with E-state index < -0.39 is 52.9 Å². The van der Waals surface area contributed by atoms with Gasteiger partial charge in [-0.15, -0.1) is 0 Å². The van der Waals surface area contributed by atoms with Crippen LogP contribution >= 0.6 is 34.8 Å². The number of carbonyl (C=O) groups excluding carboxylic acids is 2. The molecule has 1 heterocycles. The van der Waals surface area contributed by atoms with Crippen LogP contribution in [0, 0.1) is 5.41 Å². The van der Waals surface area contributed by atoms with E-state index in [9.17, 15) is 14.7 Å². The Kier molecular flexibility index (Phi) is 10.6. The van der Waals surface area contributed by atoms with Gasteiger partial charge < -0.3 is 28.8 Å². The average Bonchev–Trinajstić information content (AvgIpc) is 2.87. The predicted octanol–water partition coefficient (Wildman–Crippen LogP) is 4.77. The van der Waals surface area contributed by atoms with E-state index in [1.54, 1.807) is 0 Å². The van der Waals surface area contributed by atoms with Crippen molar-refractivity contribution in [3.8, 4) is 0 Å². The predicted molar refractivity (Wildman–Crippen MR) is 140 cm³/mol. The number of fused-ring (bicyclic) bond motifs is 1. The quantitative estimate of drug-likeness (QED) is 0.0769. The molecule has 2 aromatic rings. The Morgan fingerprint density at radius 2 is 1.87 bits per heavy atom. The summed E-state index contributed by atoms with van der Waals surface area (Å²) in [6.45, 7) is 0.879. The molecule has 1 saturated heterocycles. The Balaban J connectivity index is 1.86. The van der Waals surface area contributed by atoms with Gasteiger partial charge in [-0.3, -0.25) is 10.2 Å². The van der Waals surface area contributed by atoms with Crippen molar-refractivity contribution in [1.82, 2.24) is 0 Å². The number of rotatable bonds is 10. The molecule has 14 heteroatoms. The molecule has 38 heavy (non-hydrogen) atoms. The van der Waals surface area contributed by atoms with Gasteiger partial charge in [-0.2, -0.15) is 0 Å². The number of hydrogen-bond donors (Lipinski definition) is 2. The molecule has 0 spiro atoms. The lowest BCUT2D eigenvalue weighted by atomic mass is 9.96. The van der Waals surface area contributed by atoms with Crippen molar-refractivity contribution in [3.63, 3.8) is 0 Å². The van der Waals surface area contributed by atoms with Crippen LogP contribution in [0.25, 0.3) is 21.2 Å². The summed E-state index contributed by atoms with van der Waals surface area (Å²) in [5, 5.41) is 24.2. The molecule has 5 atom stereocenters. The van der Waals surface area contributed by atoms with Crippen molar-refractivity contribution >= 4 is 63.2 Å². The van der Waals surface area contributed by atoms with Crippen LogP contribution in [0.3, 0.4) is 0 Å². The van der Waals surface area contributed by atoms with Crippen molar-refractivity contribution in [2.24, 2.45) is 5.11 Å². The van der Waals surface area contributed by atoms with E-state index in [2.05, 4.69) is 10.0 Å². The van der Waals surface area contributed by atoms with Gasteiger partial charge in [0.05, 0.1) is 13.0 Å². The Morgan fingerprint density at radius 1 is 1.16 bits per heavy atom. The molecule has 0 saturated carbocycles. The molecule has 1 aliphatic heterocycles. The number of carbonyl (C=O) groups is 2. The first-order valence-corrected chi connectivity index (χ1v) is 12.6. The second kappa shape index (κ2) is 13.4. The number of hydrogen-bond acceptors (Lipinski definition) is 9. The van der Waals surface area contributed by atoms with Crippen molar-refractivity contribution in [1.29, 1.82) is 5.41 Å².